The molecule has 0 amide bonds. The van der Waals surface area contributed by atoms with Gasteiger partial charge in [0.05, 0.1) is 0 Å². The fraction of sp³-hybridized carbons (Fsp3) is 0.333. The standard InChI is InChI=1S/C15H15BrN2S/c1-9-3-4-10(2)12(7-9)19-14-8-13(16)17-15(18-14)11-5-6-11/h3-4,7-8,11H,5-6H2,1-2H3. The van der Waals surface area contributed by atoms with Crippen molar-refractivity contribution >= 4 is 27.7 Å². The number of hydrogen-bond donors (Lipinski definition) is 0. The van der Waals surface area contributed by atoms with Crippen LogP contribution in [0.1, 0.15) is 35.7 Å². The highest BCUT2D eigenvalue weighted by Crippen LogP contribution is 2.40. The first-order valence-electron chi connectivity index (χ1n) is 6.41. The Morgan fingerprint density at radius 1 is 1.16 bits per heavy atom. The minimum absolute atomic E-state index is 0.579. The molecule has 3 rings (SSSR count). The molecule has 1 aromatic heterocycles. The van der Waals surface area contributed by atoms with E-state index in [0.717, 1.165) is 15.5 Å². The highest BCUT2D eigenvalue weighted by atomic mass is 79.9. The van der Waals surface area contributed by atoms with Gasteiger partial charge in [0.15, 0.2) is 0 Å². The lowest BCUT2D eigenvalue weighted by Gasteiger charge is -2.07. The zero-order valence-corrected chi connectivity index (χ0v) is 13.4. The first-order chi connectivity index (χ1) is 9.11. The van der Waals surface area contributed by atoms with Gasteiger partial charge in [-0.15, -0.1) is 0 Å². The zero-order chi connectivity index (χ0) is 13.4. The van der Waals surface area contributed by atoms with Gasteiger partial charge in [0.1, 0.15) is 15.5 Å². The number of aryl methyl sites for hydroxylation is 2. The normalized spacial score (nSPS) is 14.7. The highest BCUT2D eigenvalue weighted by molar-refractivity contribution is 9.10. The summed E-state index contributed by atoms with van der Waals surface area (Å²) in [6.45, 7) is 4.26. The molecular weight excluding hydrogens is 320 g/mol. The van der Waals surface area contributed by atoms with Crippen molar-refractivity contribution in [2.45, 2.75) is 42.5 Å². The minimum Gasteiger partial charge on any atom is -0.226 e. The maximum absolute atomic E-state index is 4.68. The van der Waals surface area contributed by atoms with Crippen molar-refractivity contribution in [3.8, 4) is 0 Å². The van der Waals surface area contributed by atoms with Crippen molar-refractivity contribution < 1.29 is 0 Å². The minimum atomic E-state index is 0.579. The van der Waals surface area contributed by atoms with E-state index in [1.807, 2.05) is 6.07 Å². The topological polar surface area (TPSA) is 25.8 Å². The molecule has 2 aromatic rings. The summed E-state index contributed by atoms with van der Waals surface area (Å²) in [5, 5.41) is 1.03. The molecule has 0 atom stereocenters. The summed E-state index contributed by atoms with van der Waals surface area (Å²) in [4.78, 5) is 10.4. The van der Waals surface area contributed by atoms with E-state index in [4.69, 9.17) is 0 Å². The fourth-order valence-electron chi connectivity index (χ4n) is 1.92. The Hall–Kier alpha value is -0.870. The van der Waals surface area contributed by atoms with Crippen molar-refractivity contribution in [2.24, 2.45) is 0 Å². The van der Waals surface area contributed by atoms with Gasteiger partial charge in [-0.3, -0.25) is 0 Å². The summed E-state index contributed by atoms with van der Waals surface area (Å²) < 4.78 is 0.886. The van der Waals surface area contributed by atoms with E-state index in [-0.39, 0.29) is 0 Å². The second-order valence-corrected chi connectivity index (χ2v) is 6.91. The SMILES string of the molecule is Cc1ccc(C)c(Sc2cc(Br)nc(C3CC3)n2)c1. The maximum Gasteiger partial charge on any atom is 0.134 e. The monoisotopic (exact) mass is 334 g/mol. The highest BCUT2D eigenvalue weighted by Gasteiger charge is 2.27. The molecule has 98 valence electrons. The third-order valence-corrected chi connectivity index (χ3v) is 4.67. The summed E-state index contributed by atoms with van der Waals surface area (Å²) in [6.07, 6.45) is 2.45. The Morgan fingerprint density at radius 2 is 1.95 bits per heavy atom. The van der Waals surface area contributed by atoms with Crippen molar-refractivity contribution in [1.29, 1.82) is 0 Å². The number of hydrogen-bond acceptors (Lipinski definition) is 3. The van der Waals surface area contributed by atoms with E-state index in [1.54, 1.807) is 11.8 Å². The molecule has 19 heavy (non-hydrogen) atoms. The van der Waals surface area contributed by atoms with Gasteiger partial charge >= 0.3 is 0 Å². The van der Waals surface area contributed by atoms with Crippen LogP contribution in [0.4, 0.5) is 0 Å². The molecule has 0 spiro atoms. The van der Waals surface area contributed by atoms with Gasteiger partial charge in [0.2, 0.25) is 0 Å². The molecular formula is C15H15BrN2S. The van der Waals surface area contributed by atoms with Crippen LogP contribution in [0.25, 0.3) is 0 Å². The molecule has 0 radical (unpaired) electrons. The van der Waals surface area contributed by atoms with Crippen LogP contribution in [0, 0.1) is 13.8 Å². The van der Waals surface area contributed by atoms with Crippen molar-refractivity contribution in [3.05, 3.63) is 45.8 Å². The van der Waals surface area contributed by atoms with Crippen molar-refractivity contribution in [2.75, 3.05) is 0 Å². The van der Waals surface area contributed by atoms with Crippen LogP contribution in [0.3, 0.4) is 0 Å². The first-order valence-corrected chi connectivity index (χ1v) is 8.02. The average Bonchev–Trinajstić information content (AvgIpc) is 3.17. The van der Waals surface area contributed by atoms with Gasteiger partial charge in [-0.25, -0.2) is 9.97 Å². The molecule has 0 aliphatic heterocycles. The van der Waals surface area contributed by atoms with E-state index in [0.29, 0.717) is 5.92 Å². The molecule has 1 aliphatic carbocycles. The third kappa shape index (κ3) is 3.18. The lowest BCUT2D eigenvalue weighted by molar-refractivity contribution is 0.866. The van der Waals surface area contributed by atoms with Gasteiger partial charge in [-0.05, 0) is 59.8 Å². The second kappa shape index (κ2) is 5.25. The Morgan fingerprint density at radius 3 is 2.68 bits per heavy atom. The smallest absolute Gasteiger partial charge is 0.134 e. The molecule has 1 aromatic carbocycles. The molecule has 0 bridgehead atoms. The number of halogens is 1. The van der Waals surface area contributed by atoms with Crippen molar-refractivity contribution in [1.82, 2.24) is 9.97 Å². The number of nitrogens with zero attached hydrogens (tertiary/aromatic N) is 2. The van der Waals surface area contributed by atoms with Gasteiger partial charge in [0.25, 0.3) is 0 Å². The van der Waals surface area contributed by atoms with Crippen LogP contribution < -0.4 is 0 Å². The fourth-order valence-corrected chi connectivity index (χ4v) is 3.48. The average molecular weight is 335 g/mol. The first kappa shape index (κ1) is 13.1. The van der Waals surface area contributed by atoms with Crippen LogP contribution >= 0.6 is 27.7 Å². The molecule has 0 N–H and O–H groups in total. The molecule has 2 nitrogen and oxygen atoms in total. The molecule has 1 aliphatic rings. The number of aromatic nitrogens is 2. The third-order valence-electron chi connectivity index (χ3n) is 3.19. The molecule has 0 saturated heterocycles. The Kier molecular flexibility index (Phi) is 3.63. The van der Waals surface area contributed by atoms with Crippen LogP contribution in [-0.4, -0.2) is 9.97 Å². The van der Waals surface area contributed by atoms with Crippen LogP contribution in [0.2, 0.25) is 0 Å². The van der Waals surface area contributed by atoms with E-state index in [2.05, 4.69) is 57.9 Å². The molecule has 1 heterocycles. The Bertz CT molecular complexity index is 624. The predicted octanol–water partition coefficient (Wildman–Crippen LogP) is 4.88. The lowest BCUT2D eigenvalue weighted by Crippen LogP contribution is -1.95. The van der Waals surface area contributed by atoms with Crippen LogP contribution in [0.5, 0.6) is 0 Å². The van der Waals surface area contributed by atoms with Gasteiger partial charge < -0.3 is 0 Å². The molecule has 1 saturated carbocycles. The summed E-state index contributed by atoms with van der Waals surface area (Å²) in [5.41, 5.74) is 2.57. The van der Waals surface area contributed by atoms with E-state index < -0.39 is 0 Å². The summed E-state index contributed by atoms with van der Waals surface area (Å²) >= 11 is 5.21. The quantitative estimate of drug-likeness (QED) is 0.747. The summed E-state index contributed by atoms with van der Waals surface area (Å²) in [5.74, 6) is 1.57. The second-order valence-electron chi connectivity index (χ2n) is 5.03. The molecule has 4 heteroatoms. The molecule has 0 unspecified atom stereocenters. The Labute approximate surface area is 126 Å². The predicted molar refractivity (Wildman–Crippen MR) is 81.7 cm³/mol. The van der Waals surface area contributed by atoms with Crippen LogP contribution in [-0.2, 0) is 0 Å². The van der Waals surface area contributed by atoms with Gasteiger partial charge in [-0.1, -0.05) is 23.9 Å². The number of rotatable bonds is 3. The van der Waals surface area contributed by atoms with E-state index >= 15 is 0 Å². The zero-order valence-electron chi connectivity index (χ0n) is 11.0. The lowest BCUT2D eigenvalue weighted by atomic mass is 10.2. The summed E-state index contributed by atoms with van der Waals surface area (Å²) in [6, 6.07) is 8.52. The summed E-state index contributed by atoms with van der Waals surface area (Å²) in [7, 11) is 0. The van der Waals surface area contributed by atoms with Gasteiger partial charge in [0, 0.05) is 16.9 Å². The number of benzene rings is 1. The largest absolute Gasteiger partial charge is 0.226 e. The maximum atomic E-state index is 4.68. The van der Waals surface area contributed by atoms with Crippen LogP contribution in [0.15, 0.2) is 38.8 Å². The van der Waals surface area contributed by atoms with Gasteiger partial charge in [-0.2, -0.15) is 0 Å². The van der Waals surface area contributed by atoms with E-state index in [9.17, 15) is 0 Å². The molecule has 1 fully saturated rings. The van der Waals surface area contributed by atoms with E-state index in [1.165, 1.54) is 28.9 Å². The van der Waals surface area contributed by atoms with Crippen molar-refractivity contribution in [3.63, 3.8) is 0 Å². The Balaban J connectivity index is 1.92.